The Labute approximate surface area is 90.1 Å². The fourth-order valence-corrected chi connectivity index (χ4v) is 1.88. The SMILES string of the molecule is Cc1cccc2c1NC(CCCO)CO2. The van der Waals surface area contributed by atoms with Crippen LogP contribution in [0.2, 0.25) is 0 Å². The van der Waals surface area contributed by atoms with Gasteiger partial charge in [0.25, 0.3) is 0 Å². The summed E-state index contributed by atoms with van der Waals surface area (Å²) < 4.78 is 5.67. The Morgan fingerprint density at radius 3 is 3.20 bits per heavy atom. The molecule has 1 aliphatic heterocycles. The molecule has 0 spiro atoms. The molecule has 0 bridgehead atoms. The van der Waals surface area contributed by atoms with E-state index in [2.05, 4.69) is 18.3 Å². The molecule has 3 heteroatoms. The summed E-state index contributed by atoms with van der Waals surface area (Å²) in [4.78, 5) is 0. The first-order valence-electron chi connectivity index (χ1n) is 5.41. The number of aryl methyl sites for hydroxylation is 1. The van der Waals surface area contributed by atoms with E-state index >= 15 is 0 Å². The van der Waals surface area contributed by atoms with Crippen molar-refractivity contribution in [2.75, 3.05) is 18.5 Å². The number of benzene rings is 1. The molecule has 2 N–H and O–H groups in total. The van der Waals surface area contributed by atoms with Crippen molar-refractivity contribution in [3.63, 3.8) is 0 Å². The minimum absolute atomic E-state index is 0.249. The molecule has 1 atom stereocenters. The van der Waals surface area contributed by atoms with Crippen LogP contribution in [-0.2, 0) is 0 Å². The largest absolute Gasteiger partial charge is 0.489 e. The number of hydrogen-bond donors (Lipinski definition) is 2. The molecule has 2 rings (SSSR count). The Hall–Kier alpha value is -1.22. The summed E-state index contributed by atoms with van der Waals surface area (Å²) in [6, 6.07) is 6.39. The van der Waals surface area contributed by atoms with Crippen molar-refractivity contribution >= 4 is 5.69 Å². The molecule has 0 saturated heterocycles. The van der Waals surface area contributed by atoms with Crippen molar-refractivity contribution in [2.24, 2.45) is 0 Å². The van der Waals surface area contributed by atoms with Crippen molar-refractivity contribution < 1.29 is 9.84 Å². The van der Waals surface area contributed by atoms with Gasteiger partial charge in [-0.05, 0) is 31.4 Å². The molecule has 0 amide bonds. The number of para-hydroxylation sites is 1. The highest BCUT2D eigenvalue weighted by molar-refractivity contribution is 5.63. The second kappa shape index (κ2) is 4.53. The minimum Gasteiger partial charge on any atom is -0.489 e. The average molecular weight is 207 g/mol. The van der Waals surface area contributed by atoms with Crippen LogP contribution in [0.1, 0.15) is 18.4 Å². The Balaban J connectivity index is 2.08. The molecule has 1 aliphatic rings. The number of aliphatic hydroxyl groups excluding tert-OH is 1. The van der Waals surface area contributed by atoms with Crippen LogP contribution in [0.4, 0.5) is 5.69 Å². The maximum Gasteiger partial charge on any atom is 0.142 e. The van der Waals surface area contributed by atoms with E-state index in [0.29, 0.717) is 12.6 Å². The molecular weight excluding hydrogens is 190 g/mol. The van der Waals surface area contributed by atoms with Gasteiger partial charge in [-0.25, -0.2) is 0 Å². The number of aliphatic hydroxyl groups is 1. The van der Waals surface area contributed by atoms with Crippen molar-refractivity contribution in [1.29, 1.82) is 0 Å². The summed E-state index contributed by atoms with van der Waals surface area (Å²) in [5, 5.41) is 12.2. The van der Waals surface area contributed by atoms with Crippen molar-refractivity contribution in [1.82, 2.24) is 0 Å². The molecule has 0 radical (unpaired) electrons. The normalized spacial score (nSPS) is 18.9. The maximum atomic E-state index is 8.78. The van der Waals surface area contributed by atoms with E-state index in [0.717, 1.165) is 24.3 Å². The predicted molar refractivity (Wildman–Crippen MR) is 60.4 cm³/mol. The first-order valence-corrected chi connectivity index (χ1v) is 5.41. The molecule has 1 unspecified atom stereocenters. The highest BCUT2D eigenvalue weighted by Gasteiger charge is 2.19. The summed E-state index contributed by atoms with van der Waals surface area (Å²) >= 11 is 0. The zero-order chi connectivity index (χ0) is 10.7. The van der Waals surface area contributed by atoms with Crippen LogP contribution in [-0.4, -0.2) is 24.4 Å². The smallest absolute Gasteiger partial charge is 0.142 e. The molecule has 1 aromatic carbocycles. The number of hydrogen-bond acceptors (Lipinski definition) is 3. The highest BCUT2D eigenvalue weighted by Crippen LogP contribution is 2.32. The lowest BCUT2D eigenvalue weighted by atomic mass is 10.1. The highest BCUT2D eigenvalue weighted by atomic mass is 16.5. The first-order chi connectivity index (χ1) is 7.31. The number of rotatable bonds is 3. The molecular formula is C12H17NO2. The summed E-state index contributed by atoms with van der Waals surface area (Å²) in [6.07, 6.45) is 1.77. The van der Waals surface area contributed by atoms with Crippen molar-refractivity contribution in [3.05, 3.63) is 23.8 Å². The summed E-state index contributed by atoms with van der Waals surface area (Å²) in [6.45, 7) is 3.01. The molecule has 0 aliphatic carbocycles. The van der Waals surface area contributed by atoms with E-state index in [4.69, 9.17) is 9.84 Å². The molecule has 0 aromatic heterocycles. The number of nitrogens with one attached hydrogen (secondary N) is 1. The molecule has 0 saturated carbocycles. The van der Waals surface area contributed by atoms with Crippen LogP contribution in [0, 0.1) is 6.92 Å². The van der Waals surface area contributed by atoms with Crippen LogP contribution in [0.25, 0.3) is 0 Å². The van der Waals surface area contributed by atoms with E-state index in [9.17, 15) is 0 Å². The predicted octanol–water partition coefficient (Wildman–Crippen LogP) is 1.94. The van der Waals surface area contributed by atoms with Gasteiger partial charge in [-0.1, -0.05) is 12.1 Å². The fourth-order valence-electron chi connectivity index (χ4n) is 1.88. The second-order valence-corrected chi connectivity index (χ2v) is 3.97. The summed E-state index contributed by atoms with van der Waals surface area (Å²) in [5.41, 5.74) is 2.31. The molecule has 15 heavy (non-hydrogen) atoms. The van der Waals surface area contributed by atoms with Crippen molar-refractivity contribution in [2.45, 2.75) is 25.8 Å². The first kappa shape index (κ1) is 10.3. The van der Waals surface area contributed by atoms with Crippen LogP contribution in [0.3, 0.4) is 0 Å². The summed E-state index contributed by atoms with van der Waals surface area (Å²) in [7, 11) is 0. The van der Waals surface area contributed by atoms with Crippen molar-refractivity contribution in [3.8, 4) is 5.75 Å². The van der Waals surface area contributed by atoms with Gasteiger partial charge in [-0.2, -0.15) is 0 Å². The lowest BCUT2D eigenvalue weighted by Crippen LogP contribution is -2.31. The Bertz CT molecular complexity index is 338. The minimum atomic E-state index is 0.249. The van der Waals surface area contributed by atoms with E-state index in [1.54, 1.807) is 0 Å². The van der Waals surface area contributed by atoms with Crippen LogP contribution in [0.15, 0.2) is 18.2 Å². The van der Waals surface area contributed by atoms with Gasteiger partial charge in [0, 0.05) is 6.61 Å². The molecule has 1 aromatic rings. The third-order valence-electron chi connectivity index (χ3n) is 2.73. The van der Waals surface area contributed by atoms with E-state index in [-0.39, 0.29) is 6.61 Å². The molecule has 0 fully saturated rings. The number of anilines is 1. The molecule has 82 valence electrons. The van der Waals surface area contributed by atoms with Gasteiger partial charge in [0.2, 0.25) is 0 Å². The monoisotopic (exact) mass is 207 g/mol. The number of fused-ring (bicyclic) bond motifs is 1. The summed E-state index contributed by atoms with van der Waals surface area (Å²) in [5.74, 6) is 0.940. The van der Waals surface area contributed by atoms with Gasteiger partial charge in [-0.3, -0.25) is 0 Å². The van der Waals surface area contributed by atoms with Gasteiger partial charge < -0.3 is 15.2 Å². The quantitative estimate of drug-likeness (QED) is 0.796. The Morgan fingerprint density at radius 2 is 2.40 bits per heavy atom. The lowest BCUT2D eigenvalue weighted by Gasteiger charge is -2.28. The van der Waals surface area contributed by atoms with Gasteiger partial charge >= 0.3 is 0 Å². The average Bonchev–Trinajstić information content (AvgIpc) is 2.27. The number of ether oxygens (including phenoxy) is 1. The lowest BCUT2D eigenvalue weighted by molar-refractivity contribution is 0.249. The van der Waals surface area contributed by atoms with Gasteiger partial charge in [0.15, 0.2) is 0 Å². The van der Waals surface area contributed by atoms with Crippen LogP contribution in [0.5, 0.6) is 5.75 Å². The molecule has 3 nitrogen and oxygen atoms in total. The third kappa shape index (κ3) is 2.23. The zero-order valence-corrected chi connectivity index (χ0v) is 8.99. The fraction of sp³-hybridized carbons (Fsp3) is 0.500. The van der Waals surface area contributed by atoms with Gasteiger partial charge in [0.05, 0.1) is 11.7 Å². The van der Waals surface area contributed by atoms with E-state index in [1.807, 2.05) is 12.1 Å². The van der Waals surface area contributed by atoms with E-state index < -0.39 is 0 Å². The molecule has 1 heterocycles. The van der Waals surface area contributed by atoms with Gasteiger partial charge in [0.1, 0.15) is 12.4 Å². The Morgan fingerprint density at radius 1 is 1.53 bits per heavy atom. The van der Waals surface area contributed by atoms with E-state index in [1.165, 1.54) is 5.56 Å². The second-order valence-electron chi connectivity index (χ2n) is 3.97. The standard InChI is InChI=1S/C12H17NO2/c1-9-4-2-6-11-12(9)13-10(8-15-11)5-3-7-14/h2,4,6,10,13-14H,3,5,7-8H2,1H3. The van der Waals surface area contributed by atoms with Crippen LogP contribution >= 0.6 is 0 Å². The zero-order valence-electron chi connectivity index (χ0n) is 8.99. The maximum absolute atomic E-state index is 8.78. The third-order valence-corrected chi connectivity index (χ3v) is 2.73. The Kier molecular flexibility index (Phi) is 3.11. The van der Waals surface area contributed by atoms with Crippen LogP contribution < -0.4 is 10.1 Å². The topological polar surface area (TPSA) is 41.5 Å². The van der Waals surface area contributed by atoms with Gasteiger partial charge in [-0.15, -0.1) is 0 Å².